The third-order valence-corrected chi connectivity index (χ3v) is 2.21. The second kappa shape index (κ2) is 4.14. The van der Waals surface area contributed by atoms with Gasteiger partial charge < -0.3 is 0 Å². The van der Waals surface area contributed by atoms with E-state index in [-0.39, 0.29) is 5.69 Å². The summed E-state index contributed by atoms with van der Waals surface area (Å²) in [7, 11) is 0. The number of aryl methyl sites for hydroxylation is 2. The Morgan fingerprint density at radius 3 is 2.56 bits per heavy atom. The zero-order valence-electron chi connectivity index (χ0n) is 9.14. The summed E-state index contributed by atoms with van der Waals surface area (Å²) in [6.07, 6.45) is 1.63. The Morgan fingerprint density at radius 2 is 2.00 bits per heavy atom. The quantitative estimate of drug-likeness (QED) is 0.763. The van der Waals surface area contributed by atoms with Gasteiger partial charge >= 0.3 is 5.69 Å². The molecule has 0 atom stereocenters. The summed E-state index contributed by atoms with van der Waals surface area (Å²) in [4.78, 5) is 11.2. The van der Waals surface area contributed by atoms with Crippen LogP contribution in [0.25, 0.3) is 0 Å². The Labute approximate surface area is 92.4 Å². The van der Waals surface area contributed by atoms with E-state index in [9.17, 15) is 4.79 Å². The molecule has 0 radical (unpaired) electrons. The molecule has 0 aliphatic rings. The Kier molecular flexibility index (Phi) is 2.68. The Morgan fingerprint density at radius 1 is 1.31 bits per heavy atom. The van der Waals surface area contributed by atoms with Gasteiger partial charge in [0.2, 0.25) is 0 Å². The minimum Gasteiger partial charge on any atom is -0.244 e. The fourth-order valence-electron chi connectivity index (χ4n) is 1.28. The summed E-state index contributed by atoms with van der Waals surface area (Å²) in [6, 6.07) is 7.87. The monoisotopic (exact) mass is 216 g/mol. The number of hydrogen-bond donors (Lipinski definition) is 1. The van der Waals surface area contributed by atoms with Crippen molar-refractivity contribution in [3.8, 4) is 0 Å². The summed E-state index contributed by atoms with van der Waals surface area (Å²) in [5.41, 5.74) is 1.80. The maximum Gasteiger partial charge on any atom is 0.364 e. The van der Waals surface area contributed by atoms with Crippen LogP contribution in [0.1, 0.15) is 17.0 Å². The molecule has 2 aromatic rings. The van der Waals surface area contributed by atoms with E-state index in [1.165, 1.54) is 10.2 Å². The average molecular weight is 216 g/mol. The molecule has 1 aromatic heterocycles. The van der Waals surface area contributed by atoms with Crippen LogP contribution in [-0.4, -0.2) is 21.1 Å². The van der Waals surface area contributed by atoms with Crippen molar-refractivity contribution >= 4 is 6.21 Å². The molecule has 1 heterocycles. The Balaban J connectivity index is 2.28. The normalized spacial score (nSPS) is 11.1. The second-order valence-electron chi connectivity index (χ2n) is 3.54. The predicted octanol–water partition coefficient (Wildman–Crippen LogP) is 1.07. The van der Waals surface area contributed by atoms with E-state index in [0.29, 0.717) is 5.82 Å². The third-order valence-electron chi connectivity index (χ3n) is 2.21. The van der Waals surface area contributed by atoms with Crippen LogP contribution >= 0.6 is 0 Å². The zero-order chi connectivity index (χ0) is 11.5. The first-order valence-electron chi connectivity index (χ1n) is 4.92. The summed E-state index contributed by atoms with van der Waals surface area (Å²) < 4.78 is 1.22. The number of aromatic nitrogens is 3. The lowest BCUT2D eigenvalue weighted by Crippen LogP contribution is -2.13. The Bertz CT molecular complexity index is 562. The van der Waals surface area contributed by atoms with Gasteiger partial charge in [0.1, 0.15) is 0 Å². The standard InChI is InChI=1S/C11H12N4O/c1-8-3-5-10(6-4-8)7-12-15-9(2)13-14-11(15)16/h3-7H,1-2H3,(H,14,16)/b12-7+. The molecule has 0 saturated carbocycles. The van der Waals surface area contributed by atoms with E-state index in [2.05, 4.69) is 15.3 Å². The molecular weight excluding hydrogens is 204 g/mol. The highest BCUT2D eigenvalue weighted by Crippen LogP contribution is 2.00. The molecule has 2 rings (SSSR count). The second-order valence-corrected chi connectivity index (χ2v) is 3.54. The third kappa shape index (κ3) is 2.08. The number of H-pyrrole nitrogens is 1. The van der Waals surface area contributed by atoms with Crippen LogP contribution in [0.4, 0.5) is 0 Å². The maximum absolute atomic E-state index is 11.2. The number of aromatic amines is 1. The van der Waals surface area contributed by atoms with Crippen LogP contribution in [0.3, 0.4) is 0 Å². The van der Waals surface area contributed by atoms with Gasteiger partial charge in [-0.2, -0.15) is 14.9 Å². The lowest BCUT2D eigenvalue weighted by atomic mass is 10.2. The molecule has 1 N–H and O–H groups in total. The molecule has 0 fully saturated rings. The van der Waals surface area contributed by atoms with Crippen LogP contribution in [0.5, 0.6) is 0 Å². The molecule has 5 nitrogen and oxygen atoms in total. The fourth-order valence-corrected chi connectivity index (χ4v) is 1.28. The topological polar surface area (TPSA) is 63.0 Å². The molecule has 5 heteroatoms. The molecule has 0 aliphatic heterocycles. The van der Waals surface area contributed by atoms with Crippen molar-refractivity contribution in [2.24, 2.45) is 5.10 Å². The minimum atomic E-state index is -0.333. The molecule has 0 saturated heterocycles. The highest BCUT2D eigenvalue weighted by molar-refractivity contribution is 5.79. The van der Waals surface area contributed by atoms with Crippen molar-refractivity contribution < 1.29 is 0 Å². The van der Waals surface area contributed by atoms with Gasteiger partial charge in [0.15, 0.2) is 5.82 Å². The van der Waals surface area contributed by atoms with E-state index >= 15 is 0 Å². The Hall–Kier alpha value is -2.17. The first-order chi connectivity index (χ1) is 7.66. The first kappa shape index (κ1) is 10.4. The predicted molar refractivity (Wildman–Crippen MR) is 61.8 cm³/mol. The molecule has 0 unspecified atom stereocenters. The van der Waals surface area contributed by atoms with E-state index in [0.717, 1.165) is 5.56 Å². The smallest absolute Gasteiger partial charge is 0.244 e. The molecule has 16 heavy (non-hydrogen) atoms. The van der Waals surface area contributed by atoms with Gasteiger partial charge in [0.05, 0.1) is 6.21 Å². The number of hydrogen-bond acceptors (Lipinski definition) is 3. The van der Waals surface area contributed by atoms with Crippen molar-refractivity contribution in [3.05, 3.63) is 51.7 Å². The van der Waals surface area contributed by atoms with Crippen LogP contribution in [0, 0.1) is 13.8 Å². The van der Waals surface area contributed by atoms with Crippen molar-refractivity contribution in [1.82, 2.24) is 14.9 Å². The SMILES string of the molecule is Cc1ccc(/C=N/n2c(C)n[nH]c2=O)cc1. The zero-order valence-corrected chi connectivity index (χ0v) is 9.14. The van der Waals surface area contributed by atoms with Gasteiger partial charge in [-0.15, -0.1) is 0 Å². The highest BCUT2D eigenvalue weighted by atomic mass is 16.2. The van der Waals surface area contributed by atoms with Gasteiger partial charge in [-0.25, -0.2) is 9.89 Å². The van der Waals surface area contributed by atoms with Crippen molar-refractivity contribution in [1.29, 1.82) is 0 Å². The van der Waals surface area contributed by atoms with Gasteiger partial charge in [-0.1, -0.05) is 29.8 Å². The van der Waals surface area contributed by atoms with Gasteiger partial charge in [-0.3, -0.25) is 0 Å². The van der Waals surface area contributed by atoms with Crippen LogP contribution < -0.4 is 5.69 Å². The average Bonchev–Trinajstić information content (AvgIpc) is 2.59. The van der Waals surface area contributed by atoms with Crippen LogP contribution in [0.15, 0.2) is 34.2 Å². The van der Waals surface area contributed by atoms with Gasteiger partial charge in [0, 0.05) is 0 Å². The first-order valence-corrected chi connectivity index (χ1v) is 4.92. The highest BCUT2D eigenvalue weighted by Gasteiger charge is 1.99. The maximum atomic E-state index is 11.2. The van der Waals surface area contributed by atoms with Crippen molar-refractivity contribution in [2.75, 3.05) is 0 Å². The number of nitrogens with zero attached hydrogens (tertiary/aromatic N) is 3. The minimum absolute atomic E-state index is 0.333. The van der Waals surface area contributed by atoms with Crippen LogP contribution in [-0.2, 0) is 0 Å². The van der Waals surface area contributed by atoms with E-state index in [4.69, 9.17) is 0 Å². The lowest BCUT2D eigenvalue weighted by Gasteiger charge is -1.95. The van der Waals surface area contributed by atoms with E-state index < -0.39 is 0 Å². The number of nitrogens with one attached hydrogen (secondary N) is 1. The van der Waals surface area contributed by atoms with Gasteiger partial charge in [-0.05, 0) is 19.4 Å². The summed E-state index contributed by atoms with van der Waals surface area (Å²) in [5.74, 6) is 0.536. The molecule has 0 spiro atoms. The van der Waals surface area contributed by atoms with Crippen molar-refractivity contribution in [2.45, 2.75) is 13.8 Å². The molecule has 0 amide bonds. The van der Waals surface area contributed by atoms with Gasteiger partial charge in [0.25, 0.3) is 0 Å². The number of rotatable bonds is 2. The molecular formula is C11H12N4O. The summed E-state index contributed by atoms with van der Waals surface area (Å²) >= 11 is 0. The largest absolute Gasteiger partial charge is 0.364 e. The van der Waals surface area contributed by atoms with Crippen LogP contribution in [0.2, 0.25) is 0 Å². The molecule has 0 bridgehead atoms. The molecule has 0 aliphatic carbocycles. The van der Waals surface area contributed by atoms with E-state index in [1.54, 1.807) is 13.1 Å². The molecule has 1 aromatic carbocycles. The number of benzene rings is 1. The van der Waals surface area contributed by atoms with Crippen molar-refractivity contribution in [3.63, 3.8) is 0 Å². The summed E-state index contributed by atoms with van der Waals surface area (Å²) in [6.45, 7) is 3.73. The fraction of sp³-hybridized carbons (Fsp3) is 0.182. The molecule has 82 valence electrons. The van der Waals surface area contributed by atoms with E-state index in [1.807, 2.05) is 31.2 Å². The lowest BCUT2D eigenvalue weighted by molar-refractivity contribution is 0.800. The summed E-state index contributed by atoms with van der Waals surface area (Å²) in [5, 5.41) is 10.1.